The van der Waals surface area contributed by atoms with Gasteiger partial charge in [0.2, 0.25) is 5.78 Å². The third kappa shape index (κ3) is 4.70. The zero-order chi connectivity index (χ0) is 27.0. The summed E-state index contributed by atoms with van der Waals surface area (Å²) in [5, 5.41) is 11.7. The first-order valence-electron chi connectivity index (χ1n) is 14.3. The van der Waals surface area contributed by atoms with Gasteiger partial charge in [0.1, 0.15) is 0 Å². The van der Waals surface area contributed by atoms with E-state index in [1.165, 1.54) is 0 Å². The topological polar surface area (TPSA) is 107 Å². The van der Waals surface area contributed by atoms with E-state index in [0.717, 1.165) is 31.3 Å². The summed E-state index contributed by atoms with van der Waals surface area (Å²) in [4.78, 5) is 51.1. The molecule has 0 aliphatic heterocycles. The summed E-state index contributed by atoms with van der Waals surface area (Å²) < 4.78 is 11.5. The Kier molecular flexibility index (Phi) is 8.04. The van der Waals surface area contributed by atoms with E-state index in [2.05, 4.69) is 6.92 Å². The normalized spacial score (nSPS) is 38.6. The lowest BCUT2D eigenvalue weighted by Gasteiger charge is -2.60. The van der Waals surface area contributed by atoms with Crippen LogP contribution in [0.2, 0.25) is 0 Å². The molecular formula is C30H44O7. The summed E-state index contributed by atoms with van der Waals surface area (Å²) in [6.07, 6.45) is 8.05. The summed E-state index contributed by atoms with van der Waals surface area (Å²) in [5.74, 6) is -0.783. The standard InChI is InChI=1S/C30H44O7/c1-5-7-9-26(35)37-30(24(33)18-36-25(34)8-6-2)15-13-22-21-11-10-19-16-20(31)12-14-28(19,3)27(21)23(32)17-29(22,30)4/h16,21-23,27,32H,5-15,17-18H2,1-4H3/t21?,22?,23?,27?,28?,29?,30-/m0/s1. The molecular weight excluding hydrogens is 472 g/mol. The summed E-state index contributed by atoms with van der Waals surface area (Å²) >= 11 is 0. The molecule has 206 valence electrons. The minimum absolute atomic E-state index is 0.00255. The van der Waals surface area contributed by atoms with Crippen molar-refractivity contribution in [1.29, 1.82) is 0 Å². The van der Waals surface area contributed by atoms with Gasteiger partial charge in [0.15, 0.2) is 18.0 Å². The van der Waals surface area contributed by atoms with Crippen molar-refractivity contribution < 1.29 is 33.8 Å². The molecule has 6 unspecified atom stereocenters. The highest BCUT2D eigenvalue weighted by molar-refractivity contribution is 5.93. The Bertz CT molecular complexity index is 969. The smallest absolute Gasteiger partial charge is 0.306 e. The average molecular weight is 517 g/mol. The van der Waals surface area contributed by atoms with Crippen LogP contribution < -0.4 is 0 Å². The van der Waals surface area contributed by atoms with Gasteiger partial charge in [-0.25, -0.2) is 0 Å². The summed E-state index contributed by atoms with van der Waals surface area (Å²) in [5.41, 5.74) is -1.26. The van der Waals surface area contributed by atoms with Crippen molar-refractivity contribution in [3.8, 4) is 0 Å². The van der Waals surface area contributed by atoms with Crippen molar-refractivity contribution in [2.24, 2.45) is 28.6 Å². The van der Waals surface area contributed by atoms with E-state index < -0.39 is 35.7 Å². The van der Waals surface area contributed by atoms with Gasteiger partial charge >= 0.3 is 11.9 Å². The van der Waals surface area contributed by atoms with Crippen molar-refractivity contribution in [3.63, 3.8) is 0 Å². The second-order valence-electron chi connectivity index (χ2n) is 12.4. The first kappa shape index (κ1) is 28.0. The summed E-state index contributed by atoms with van der Waals surface area (Å²) in [6.45, 7) is 7.65. The molecule has 7 atom stereocenters. The highest BCUT2D eigenvalue weighted by Crippen LogP contribution is 2.68. The van der Waals surface area contributed by atoms with Crippen LogP contribution in [0.3, 0.4) is 0 Å². The van der Waals surface area contributed by atoms with Gasteiger partial charge in [-0.15, -0.1) is 0 Å². The first-order valence-corrected chi connectivity index (χ1v) is 14.3. The number of ketones is 2. The van der Waals surface area contributed by atoms with Crippen molar-refractivity contribution >= 4 is 23.5 Å². The van der Waals surface area contributed by atoms with Gasteiger partial charge in [0.25, 0.3) is 0 Å². The van der Waals surface area contributed by atoms with Crippen LogP contribution in [-0.2, 0) is 28.7 Å². The van der Waals surface area contributed by atoms with Crippen molar-refractivity contribution in [2.45, 2.75) is 116 Å². The van der Waals surface area contributed by atoms with E-state index in [0.29, 0.717) is 38.5 Å². The summed E-state index contributed by atoms with van der Waals surface area (Å²) in [7, 11) is 0. The van der Waals surface area contributed by atoms with Gasteiger partial charge in [-0.2, -0.15) is 0 Å². The van der Waals surface area contributed by atoms with E-state index in [9.17, 15) is 24.3 Å². The maximum absolute atomic E-state index is 13.9. The number of esters is 2. The van der Waals surface area contributed by atoms with Crippen LogP contribution in [0.15, 0.2) is 11.6 Å². The molecule has 0 heterocycles. The molecule has 3 fully saturated rings. The molecule has 0 radical (unpaired) electrons. The molecule has 4 aliphatic carbocycles. The number of aliphatic hydroxyl groups is 1. The molecule has 0 aromatic carbocycles. The number of ether oxygens (including phenoxy) is 2. The minimum Gasteiger partial charge on any atom is -0.457 e. The molecule has 0 saturated heterocycles. The molecule has 0 bridgehead atoms. The number of allylic oxidation sites excluding steroid dienone is 1. The molecule has 4 rings (SSSR count). The SMILES string of the molecule is CCCCC(=O)O[C@]1(C(=O)COC(=O)CCC)CCC2C3CCC4=CC(=O)CCC4(C)C3C(O)CC21C. The van der Waals surface area contributed by atoms with Crippen LogP contribution in [0.25, 0.3) is 0 Å². The number of Topliss-reactive ketones (excluding diaryl/α,β-unsaturated/α-hetero) is 1. The van der Waals surface area contributed by atoms with Gasteiger partial charge in [-0.1, -0.05) is 39.7 Å². The third-order valence-corrected chi connectivity index (χ3v) is 10.3. The van der Waals surface area contributed by atoms with E-state index >= 15 is 0 Å². The van der Waals surface area contributed by atoms with Crippen molar-refractivity contribution in [3.05, 3.63) is 11.6 Å². The Morgan fingerprint density at radius 1 is 1.03 bits per heavy atom. The molecule has 3 saturated carbocycles. The number of rotatable bonds is 9. The van der Waals surface area contributed by atoms with Gasteiger partial charge < -0.3 is 14.6 Å². The van der Waals surface area contributed by atoms with Crippen LogP contribution in [0.5, 0.6) is 0 Å². The number of hydrogen-bond acceptors (Lipinski definition) is 7. The van der Waals surface area contributed by atoms with Gasteiger partial charge in [-0.05, 0) is 80.6 Å². The predicted octanol–water partition coefficient (Wildman–Crippen LogP) is 4.87. The third-order valence-electron chi connectivity index (χ3n) is 10.3. The Balaban J connectivity index is 1.67. The Morgan fingerprint density at radius 2 is 1.78 bits per heavy atom. The molecule has 37 heavy (non-hydrogen) atoms. The van der Waals surface area contributed by atoms with Crippen LogP contribution in [0, 0.1) is 28.6 Å². The number of unbranched alkanes of at least 4 members (excludes halogenated alkanes) is 1. The fraction of sp³-hybridized carbons (Fsp3) is 0.800. The fourth-order valence-electron chi connectivity index (χ4n) is 8.46. The predicted molar refractivity (Wildman–Crippen MR) is 137 cm³/mol. The van der Waals surface area contributed by atoms with E-state index in [4.69, 9.17) is 9.47 Å². The fourth-order valence-corrected chi connectivity index (χ4v) is 8.46. The quantitative estimate of drug-likeness (QED) is 0.436. The highest BCUT2D eigenvalue weighted by atomic mass is 16.6. The first-order chi connectivity index (χ1) is 17.5. The highest BCUT2D eigenvalue weighted by Gasteiger charge is 2.70. The van der Waals surface area contributed by atoms with Crippen molar-refractivity contribution in [2.75, 3.05) is 6.61 Å². The van der Waals surface area contributed by atoms with Crippen LogP contribution in [0.1, 0.15) is 105 Å². The number of fused-ring (bicyclic) bond motifs is 5. The minimum atomic E-state index is -1.42. The molecule has 4 aliphatic rings. The van der Waals surface area contributed by atoms with Crippen LogP contribution >= 0.6 is 0 Å². The monoisotopic (exact) mass is 516 g/mol. The van der Waals surface area contributed by atoms with E-state index in [1.54, 1.807) is 0 Å². The maximum atomic E-state index is 13.9. The molecule has 7 heteroatoms. The lowest BCUT2D eigenvalue weighted by Crippen LogP contribution is -2.63. The van der Waals surface area contributed by atoms with Gasteiger partial charge in [0, 0.05) is 24.7 Å². The lowest BCUT2D eigenvalue weighted by atomic mass is 9.45. The number of carbonyl (C=O) groups is 4. The van der Waals surface area contributed by atoms with Crippen LogP contribution in [-0.4, -0.2) is 46.9 Å². The maximum Gasteiger partial charge on any atom is 0.306 e. The lowest BCUT2D eigenvalue weighted by molar-refractivity contribution is -0.203. The molecule has 0 aromatic rings. The second kappa shape index (κ2) is 10.6. The Hall–Kier alpha value is -2.02. The van der Waals surface area contributed by atoms with Gasteiger partial charge in [0.05, 0.1) is 6.10 Å². The van der Waals surface area contributed by atoms with Gasteiger partial charge in [-0.3, -0.25) is 19.2 Å². The summed E-state index contributed by atoms with van der Waals surface area (Å²) in [6, 6.07) is 0. The zero-order valence-corrected chi connectivity index (χ0v) is 23.0. The Morgan fingerprint density at radius 3 is 2.49 bits per heavy atom. The molecule has 0 spiro atoms. The molecule has 0 aromatic heterocycles. The molecule has 7 nitrogen and oxygen atoms in total. The van der Waals surface area contributed by atoms with Crippen molar-refractivity contribution in [1.82, 2.24) is 0 Å². The van der Waals surface area contributed by atoms with E-state index in [-0.39, 0.29) is 47.6 Å². The number of carbonyl (C=O) groups excluding carboxylic acids is 4. The number of hydrogen-bond donors (Lipinski definition) is 1. The van der Waals surface area contributed by atoms with Crippen LogP contribution in [0.4, 0.5) is 0 Å². The molecule has 1 N–H and O–H groups in total. The Labute approximate surface area is 220 Å². The molecule has 0 amide bonds. The number of aliphatic hydroxyl groups excluding tert-OH is 1. The average Bonchev–Trinajstić information content (AvgIpc) is 3.13. The second-order valence-corrected chi connectivity index (χ2v) is 12.4. The largest absolute Gasteiger partial charge is 0.457 e. The zero-order valence-electron chi connectivity index (χ0n) is 23.0. The van der Waals surface area contributed by atoms with E-state index in [1.807, 2.05) is 26.8 Å².